The first kappa shape index (κ1) is 36.7. The molecule has 310 valence electrons. The minimum absolute atomic E-state index is 0.510. The Morgan fingerprint density at radius 1 is 0.343 bits per heavy atom. The molecule has 0 N–H and O–H groups in total. The molecule has 2 spiro atoms. The van der Waals surface area contributed by atoms with Crippen molar-refractivity contribution < 1.29 is 0 Å². The lowest BCUT2D eigenvalue weighted by molar-refractivity contribution is 0.633. The van der Waals surface area contributed by atoms with E-state index in [-0.39, 0.29) is 0 Å². The van der Waals surface area contributed by atoms with Crippen LogP contribution in [0.1, 0.15) is 44.5 Å². The summed E-state index contributed by atoms with van der Waals surface area (Å²) in [6.45, 7) is 0. The highest BCUT2D eigenvalue weighted by atomic mass is 15.1. The summed E-state index contributed by atoms with van der Waals surface area (Å²) in [7, 11) is 0. The van der Waals surface area contributed by atoms with Gasteiger partial charge in [-0.15, -0.1) is 0 Å². The first-order valence-corrected chi connectivity index (χ1v) is 23.2. The first-order chi connectivity index (χ1) is 33.3. The lowest BCUT2D eigenvalue weighted by atomic mass is 9.52. The number of fused-ring (bicyclic) bond motifs is 22. The second-order valence-corrected chi connectivity index (χ2v) is 18.3. The van der Waals surface area contributed by atoms with Gasteiger partial charge in [0, 0.05) is 33.5 Å². The molecule has 3 heteroatoms. The molecule has 0 bridgehead atoms. The topological polar surface area (TPSA) is 30.7 Å². The zero-order valence-corrected chi connectivity index (χ0v) is 36.4. The Hall–Kier alpha value is -8.66. The van der Waals surface area contributed by atoms with Crippen LogP contribution in [0.5, 0.6) is 0 Å². The van der Waals surface area contributed by atoms with Crippen LogP contribution >= 0.6 is 0 Å². The highest BCUT2D eigenvalue weighted by molar-refractivity contribution is 6.24. The summed E-state index contributed by atoms with van der Waals surface area (Å²) in [6, 6.07) is 87.5. The maximum atomic E-state index is 5.55. The highest BCUT2D eigenvalue weighted by Crippen LogP contribution is 2.68. The molecule has 0 radical (unpaired) electrons. The molecule has 0 amide bonds. The zero-order chi connectivity index (χ0) is 43.8. The van der Waals surface area contributed by atoms with Crippen molar-refractivity contribution in [3.8, 4) is 50.7 Å². The third kappa shape index (κ3) is 4.60. The molecule has 3 aliphatic carbocycles. The molecular formula is C64H39N3. The Morgan fingerprint density at radius 3 is 1.46 bits per heavy atom. The van der Waals surface area contributed by atoms with Crippen LogP contribution in [0.3, 0.4) is 0 Å². The van der Waals surface area contributed by atoms with Gasteiger partial charge in [0.1, 0.15) is 5.82 Å². The monoisotopic (exact) mass is 849 g/mol. The summed E-state index contributed by atoms with van der Waals surface area (Å²) in [5, 5.41) is 4.85. The Bertz CT molecular complexity index is 3900. The van der Waals surface area contributed by atoms with Gasteiger partial charge in [-0.05, 0) is 78.0 Å². The van der Waals surface area contributed by atoms with Crippen LogP contribution in [-0.4, -0.2) is 14.5 Å². The minimum Gasteiger partial charge on any atom is -0.293 e. The van der Waals surface area contributed by atoms with E-state index in [9.17, 15) is 0 Å². The summed E-state index contributed by atoms with van der Waals surface area (Å²) < 4.78 is 2.46. The minimum atomic E-state index is -0.634. The summed E-state index contributed by atoms with van der Waals surface area (Å²) in [6.07, 6.45) is 0. The standard InChI is InChI=1S/C64H39N3/c1-3-20-41(21-4-1)56-39-58(66-62(65-56)42-22-5-2-6-23-42)67-57-38-35-40-19-7-8-24-43(40)59(57)47-36-37-55-60(61(47)67)46-27-11-14-30-50(46)64(55)53-33-17-15-31-51(53)63(52-32-16-18-34-54(52)64)48-28-12-9-25-44(48)45-26-10-13-29-49(45)63/h1-39H. The quantitative estimate of drug-likeness (QED) is 0.177. The van der Waals surface area contributed by atoms with Crippen molar-refractivity contribution in [3.63, 3.8) is 0 Å². The molecule has 12 aromatic rings. The molecule has 67 heavy (non-hydrogen) atoms. The molecule has 0 fully saturated rings. The van der Waals surface area contributed by atoms with Gasteiger partial charge in [0.25, 0.3) is 0 Å². The third-order valence-corrected chi connectivity index (χ3v) is 15.3. The Balaban J connectivity index is 1.12. The number of hydrogen-bond acceptors (Lipinski definition) is 2. The third-order valence-electron chi connectivity index (χ3n) is 15.3. The molecule has 0 atom stereocenters. The van der Waals surface area contributed by atoms with E-state index in [0.29, 0.717) is 5.82 Å². The van der Waals surface area contributed by atoms with Crippen molar-refractivity contribution in [2.75, 3.05) is 0 Å². The van der Waals surface area contributed by atoms with Gasteiger partial charge in [0.15, 0.2) is 5.82 Å². The van der Waals surface area contributed by atoms with Gasteiger partial charge < -0.3 is 0 Å². The molecule has 3 aliphatic rings. The molecule has 0 saturated carbocycles. The molecular weight excluding hydrogens is 811 g/mol. The Labute approximate surface area is 388 Å². The Morgan fingerprint density at radius 2 is 0.836 bits per heavy atom. The molecule has 0 saturated heterocycles. The molecule has 15 rings (SSSR count). The molecule has 3 nitrogen and oxygen atoms in total. The second-order valence-electron chi connectivity index (χ2n) is 18.3. The number of hydrogen-bond donors (Lipinski definition) is 0. The first-order valence-electron chi connectivity index (χ1n) is 23.2. The number of benzene rings is 10. The van der Waals surface area contributed by atoms with Gasteiger partial charge in [-0.1, -0.05) is 224 Å². The highest BCUT2D eigenvalue weighted by Gasteiger charge is 2.59. The van der Waals surface area contributed by atoms with E-state index < -0.39 is 10.8 Å². The molecule has 2 heterocycles. The van der Waals surface area contributed by atoms with Gasteiger partial charge in [0.2, 0.25) is 0 Å². The average Bonchev–Trinajstić information content (AvgIpc) is 4.02. The van der Waals surface area contributed by atoms with Crippen LogP contribution in [0, 0.1) is 0 Å². The number of aromatic nitrogens is 3. The van der Waals surface area contributed by atoms with Crippen LogP contribution < -0.4 is 0 Å². The van der Waals surface area contributed by atoms with Gasteiger partial charge in [-0.25, -0.2) is 9.97 Å². The van der Waals surface area contributed by atoms with E-state index in [1.165, 1.54) is 88.3 Å². The van der Waals surface area contributed by atoms with Crippen molar-refractivity contribution in [2.24, 2.45) is 0 Å². The van der Waals surface area contributed by atoms with E-state index in [1.807, 2.05) is 6.07 Å². The zero-order valence-electron chi connectivity index (χ0n) is 36.4. The van der Waals surface area contributed by atoms with Gasteiger partial charge in [-0.2, -0.15) is 0 Å². The van der Waals surface area contributed by atoms with Gasteiger partial charge in [0.05, 0.1) is 27.6 Å². The summed E-state index contributed by atoms with van der Waals surface area (Å²) in [4.78, 5) is 10.8. The maximum absolute atomic E-state index is 5.55. The number of rotatable bonds is 3. The van der Waals surface area contributed by atoms with Crippen LogP contribution in [0.25, 0.3) is 83.3 Å². The van der Waals surface area contributed by atoms with Crippen molar-refractivity contribution in [3.05, 3.63) is 281 Å². The fourth-order valence-corrected chi connectivity index (χ4v) is 12.9. The SMILES string of the molecule is c1ccc(-c2cc(-n3c4ccc5ccccc5c4c4ccc5c(c43)-c3ccccc3C53c4ccccc4C4(c5ccccc5-c5ccccc54)c4ccccc43)nc(-c3ccccc3)n2)cc1. The molecule has 0 unspecified atom stereocenters. The predicted molar refractivity (Wildman–Crippen MR) is 273 cm³/mol. The van der Waals surface area contributed by atoms with Gasteiger partial charge in [-0.3, -0.25) is 4.57 Å². The van der Waals surface area contributed by atoms with Crippen molar-refractivity contribution in [1.29, 1.82) is 0 Å². The van der Waals surface area contributed by atoms with Crippen LogP contribution in [0.4, 0.5) is 0 Å². The van der Waals surface area contributed by atoms with Crippen molar-refractivity contribution in [2.45, 2.75) is 10.8 Å². The summed E-state index contributed by atoms with van der Waals surface area (Å²) >= 11 is 0. The van der Waals surface area contributed by atoms with Crippen molar-refractivity contribution >= 4 is 32.6 Å². The van der Waals surface area contributed by atoms with Crippen LogP contribution in [-0.2, 0) is 10.8 Å². The fourth-order valence-electron chi connectivity index (χ4n) is 12.9. The lowest BCUT2D eigenvalue weighted by Gasteiger charge is -2.48. The maximum Gasteiger partial charge on any atom is 0.162 e. The second kappa shape index (κ2) is 13.4. The van der Waals surface area contributed by atoms with E-state index in [1.54, 1.807) is 0 Å². The number of nitrogens with zero attached hydrogens (tertiary/aromatic N) is 3. The molecule has 0 aliphatic heterocycles. The van der Waals surface area contributed by atoms with E-state index in [2.05, 4.69) is 235 Å². The Kier molecular flexibility index (Phi) is 7.36. The molecule has 10 aromatic carbocycles. The lowest BCUT2D eigenvalue weighted by Crippen LogP contribution is -2.43. The summed E-state index contributed by atoms with van der Waals surface area (Å²) in [5.41, 5.74) is 19.7. The van der Waals surface area contributed by atoms with E-state index in [4.69, 9.17) is 9.97 Å². The summed E-state index contributed by atoms with van der Waals surface area (Å²) in [5.74, 6) is 1.52. The smallest absolute Gasteiger partial charge is 0.162 e. The normalized spacial score (nSPS) is 14.2. The van der Waals surface area contributed by atoms with E-state index >= 15 is 0 Å². The van der Waals surface area contributed by atoms with Crippen LogP contribution in [0.15, 0.2) is 237 Å². The van der Waals surface area contributed by atoms with Gasteiger partial charge >= 0.3 is 0 Å². The van der Waals surface area contributed by atoms with Crippen LogP contribution in [0.2, 0.25) is 0 Å². The van der Waals surface area contributed by atoms with Crippen molar-refractivity contribution in [1.82, 2.24) is 14.5 Å². The van der Waals surface area contributed by atoms with E-state index in [0.717, 1.165) is 33.7 Å². The fraction of sp³-hybridized carbons (Fsp3) is 0.0312. The molecule has 2 aromatic heterocycles. The largest absolute Gasteiger partial charge is 0.293 e. The predicted octanol–water partition coefficient (Wildman–Crippen LogP) is 15.1. The average molecular weight is 850 g/mol.